The van der Waals surface area contributed by atoms with Crippen LogP contribution in [0.5, 0.6) is 5.75 Å². The van der Waals surface area contributed by atoms with E-state index in [0.29, 0.717) is 0 Å². The van der Waals surface area contributed by atoms with Crippen molar-refractivity contribution in [2.45, 2.75) is 72.4 Å². The minimum atomic E-state index is -0.272. The van der Waals surface area contributed by atoms with Gasteiger partial charge in [-0.2, -0.15) is 0 Å². The lowest BCUT2D eigenvalue weighted by atomic mass is 10.2. The molecule has 0 aliphatic rings. The average molecular weight is 308 g/mol. The largest absolute Gasteiger partial charge is 0.503 e. The van der Waals surface area contributed by atoms with Gasteiger partial charge < -0.3 is 9.67 Å². The molecule has 1 rings (SSSR count). The number of aryl methyl sites for hydroxylation is 1. The van der Waals surface area contributed by atoms with Gasteiger partial charge in [0.05, 0.1) is 6.20 Å². The molecule has 0 aromatic carbocycles. The van der Waals surface area contributed by atoms with Gasteiger partial charge in [0.15, 0.2) is 5.75 Å². The summed E-state index contributed by atoms with van der Waals surface area (Å²) < 4.78 is 2.06. The third kappa shape index (κ3) is 6.22. The molecule has 0 fully saturated rings. The predicted octanol–water partition coefficient (Wildman–Crippen LogP) is 3.76. The molecule has 4 nitrogen and oxygen atoms in total. The summed E-state index contributed by atoms with van der Waals surface area (Å²) in [4.78, 5) is 14.1. The minimum Gasteiger partial charge on any atom is -0.503 e. The molecule has 0 unspecified atom stereocenters. The van der Waals surface area contributed by atoms with Gasteiger partial charge in [-0.15, -0.1) is 0 Å². The topological polar surface area (TPSA) is 45.5 Å². The molecular weight excluding hydrogens is 276 g/mol. The normalized spacial score (nSPS) is 11.3. The first-order valence-electron chi connectivity index (χ1n) is 8.77. The van der Waals surface area contributed by atoms with Gasteiger partial charge in [-0.3, -0.25) is 9.69 Å². The number of aromatic nitrogens is 1. The molecule has 0 aliphatic heterocycles. The molecule has 0 amide bonds. The summed E-state index contributed by atoms with van der Waals surface area (Å²) in [6, 6.07) is 1.60. The van der Waals surface area contributed by atoms with Crippen LogP contribution >= 0.6 is 0 Å². The van der Waals surface area contributed by atoms with Crippen molar-refractivity contribution >= 4 is 0 Å². The van der Waals surface area contributed by atoms with Crippen molar-refractivity contribution in [3.05, 3.63) is 28.2 Å². The van der Waals surface area contributed by atoms with Crippen molar-refractivity contribution in [3.8, 4) is 5.75 Å². The molecule has 0 bridgehead atoms. The van der Waals surface area contributed by atoms with Crippen LogP contribution in [0.3, 0.4) is 0 Å². The predicted molar refractivity (Wildman–Crippen MR) is 92.4 cm³/mol. The van der Waals surface area contributed by atoms with E-state index in [-0.39, 0.29) is 11.2 Å². The Morgan fingerprint density at radius 1 is 1.09 bits per heavy atom. The summed E-state index contributed by atoms with van der Waals surface area (Å²) in [6.45, 7) is 10.2. The second kappa shape index (κ2) is 10.4. The summed E-state index contributed by atoms with van der Waals surface area (Å²) in [5.74, 6) is -0.143. The third-order valence-corrected chi connectivity index (χ3v) is 4.11. The molecular formula is C18H32N2O2. The fourth-order valence-corrected chi connectivity index (χ4v) is 2.62. The molecule has 1 N–H and O–H groups in total. The number of rotatable bonds is 11. The van der Waals surface area contributed by atoms with Gasteiger partial charge >= 0.3 is 0 Å². The average Bonchev–Trinajstić information content (AvgIpc) is 2.52. The van der Waals surface area contributed by atoms with Gasteiger partial charge in [0.25, 0.3) is 0 Å². The summed E-state index contributed by atoms with van der Waals surface area (Å²) in [6.07, 6.45) is 8.68. The molecule has 0 atom stereocenters. The molecule has 0 saturated carbocycles. The van der Waals surface area contributed by atoms with Crippen LogP contribution in [0.1, 0.15) is 65.0 Å². The highest BCUT2D eigenvalue weighted by atomic mass is 16.3. The van der Waals surface area contributed by atoms with E-state index in [0.717, 1.165) is 38.3 Å². The molecule has 22 heavy (non-hydrogen) atoms. The lowest BCUT2D eigenvalue weighted by Crippen LogP contribution is -2.27. The SMILES string of the molecule is CCCCCCn1cc(O)c(=O)cc1CN(CC)CCCC. The van der Waals surface area contributed by atoms with Crippen molar-refractivity contribution in [2.24, 2.45) is 0 Å². The smallest absolute Gasteiger partial charge is 0.223 e. The monoisotopic (exact) mass is 308 g/mol. The van der Waals surface area contributed by atoms with Gasteiger partial charge in [0, 0.05) is 24.8 Å². The number of nitrogens with zero attached hydrogens (tertiary/aromatic N) is 2. The maximum atomic E-state index is 11.8. The van der Waals surface area contributed by atoms with Gasteiger partial charge in [-0.05, 0) is 25.9 Å². The van der Waals surface area contributed by atoms with E-state index in [1.165, 1.54) is 32.1 Å². The van der Waals surface area contributed by atoms with Gasteiger partial charge in [-0.25, -0.2) is 0 Å². The molecule has 1 heterocycles. The van der Waals surface area contributed by atoms with E-state index in [1.54, 1.807) is 12.3 Å². The molecule has 0 aliphatic carbocycles. The molecule has 0 saturated heterocycles. The van der Waals surface area contributed by atoms with Crippen LogP contribution in [-0.2, 0) is 13.1 Å². The van der Waals surface area contributed by atoms with Crippen LogP contribution in [0.25, 0.3) is 0 Å². The second-order valence-corrected chi connectivity index (χ2v) is 5.99. The Balaban J connectivity index is 2.80. The first kappa shape index (κ1) is 18.8. The highest BCUT2D eigenvalue weighted by Crippen LogP contribution is 2.11. The summed E-state index contributed by atoms with van der Waals surface area (Å²) in [5.41, 5.74) is 0.739. The zero-order chi connectivity index (χ0) is 16.4. The van der Waals surface area contributed by atoms with Crippen molar-refractivity contribution in [2.75, 3.05) is 13.1 Å². The first-order valence-corrected chi connectivity index (χ1v) is 8.77. The van der Waals surface area contributed by atoms with Crippen molar-refractivity contribution < 1.29 is 5.11 Å². The van der Waals surface area contributed by atoms with Crippen molar-refractivity contribution in [3.63, 3.8) is 0 Å². The zero-order valence-corrected chi connectivity index (χ0v) is 14.5. The van der Waals surface area contributed by atoms with Gasteiger partial charge in [0.2, 0.25) is 5.43 Å². The van der Waals surface area contributed by atoms with Gasteiger partial charge in [0.1, 0.15) is 0 Å². The maximum Gasteiger partial charge on any atom is 0.223 e. The van der Waals surface area contributed by atoms with Crippen LogP contribution in [0.4, 0.5) is 0 Å². The quantitative estimate of drug-likeness (QED) is 0.633. The molecule has 0 radical (unpaired) electrons. The number of pyridine rings is 1. The van der Waals surface area contributed by atoms with Crippen molar-refractivity contribution in [1.29, 1.82) is 0 Å². The minimum absolute atomic E-state index is 0.143. The van der Waals surface area contributed by atoms with E-state index in [4.69, 9.17) is 0 Å². The lowest BCUT2D eigenvalue weighted by Gasteiger charge is -2.23. The zero-order valence-electron chi connectivity index (χ0n) is 14.5. The fourth-order valence-electron chi connectivity index (χ4n) is 2.62. The van der Waals surface area contributed by atoms with E-state index >= 15 is 0 Å². The number of hydrogen-bond acceptors (Lipinski definition) is 3. The Morgan fingerprint density at radius 3 is 2.45 bits per heavy atom. The first-order chi connectivity index (χ1) is 10.6. The van der Waals surface area contributed by atoms with Gasteiger partial charge in [-0.1, -0.05) is 46.5 Å². The Bertz CT molecular complexity index is 482. The third-order valence-electron chi connectivity index (χ3n) is 4.11. The second-order valence-electron chi connectivity index (χ2n) is 5.99. The lowest BCUT2D eigenvalue weighted by molar-refractivity contribution is 0.266. The molecule has 126 valence electrons. The van der Waals surface area contributed by atoms with E-state index in [1.807, 2.05) is 0 Å². The van der Waals surface area contributed by atoms with E-state index in [9.17, 15) is 9.90 Å². The molecule has 1 aromatic heterocycles. The number of unbranched alkanes of at least 4 members (excludes halogenated alkanes) is 4. The highest BCUT2D eigenvalue weighted by Gasteiger charge is 2.10. The molecule has 1 aromatic rings. The van der Waals surface area contributed by atoms with Crippen LogP contribution in [0, 0.1) is 0 Å². The highest BCUT2D eigenvalue weighted by molar-refractivity contribution is 5.20. The van der Waals surface area contributed by atoms with Crippen LogP contribution in [0.15, 0.2) is 17.1 Å². The standard InChI is InChI=1S/C18H32N2O2/c1-4-7-9-10-12-20-15-18(22)17(21)13-16(20)14-19(6-3)11-8-5-2/h13,15,22H,4-12,14H2,1-3H3. The maximum absolute atomic E-state index is 11.8. The Morgan fingerprint density at radius 2 is 1.82 bits per heavy atom. The van der Waals surface area contributed by atoms with Crippen LogP contribution in [0.2, 0.25) is 0 Å². The van der Waals surface area contributed by atoms with E-state index in [2.05, 4.69) is 30.2 Å². The number of hydrogen-bond donors (Lipinski definition) is 1. The fraction of sp³-hybridized carbons (Fsp3) is 0.722. The summed E-state index contributed by atoms with van der Waals surface area (Å²) in [5, 5.41) is 9.71. The van der Waals surface area contributed by atoms with Crippen LogP contribution < -0.4 is 5.43 Å². The summed E-state index contributed by atoms with van der Waals surface area (Å²) in [7, 11) is 0. The molecule has 4 heteroatoms. The Labute approximate surface area is 134 Å². The van der Waals surface area contributed by atoms with E-state index < -0.39 is 0 Å². The Hall–Kier alpha value is -1.29. The molecule has 0 spiro atoms. The summed E-state index contributed by atoms with van der Waals surface area (Å²) >= 11 is 0. The van der Waals surface area contributed by atoms with Crippen LogP contribution in [-0.4, -0.2) is 27.7 Å². The van der Waals surface area contributed by atoms with Crippen molar-refractivity contribution in [1.82, 2.24) is 9.47 Å². The Kier molecular flexibility index (Phi) is 8.90. The number of aromatic hydroxyl groups is 1.